The van der Waals surface area contributed by atoms with Crippen LogP contribution in [0.15, 0.2) is 23.0 Å². The van der Waals surface area contributed by atoms with Gasteiger partial charge in [-0.15, -0.1) is 0 Å². The van der Waals surface area contributed by atoms with E-state index >= 15 is 0 Å². The second kappa shape index (κ2) is 7.18. The molecule has 4 rings (SSSR count). The zero-order valence-electron chi connectivity index (χ0n) is 16.6. The van der Waals surface area contributed by atoms with Crippen LogP contribution in [0.1, 0.15) is 58.8 Å². The fourth-order valence-electron chi connectivity index (χ4n) is 3.86. The van der Waals surface area contributed by atoms with E-state index in [0.717, 1.165) is 41.9 Å². The maximum absolute atomic E-state index is 13.1. The van der Waals surface area contributed by atoms with Gasteiger partial charge in [0.1, 0.15) is 5.76 Å². The Bertz CT molecular complexity index is 1000. The van der Waals surface area contributed by atoms with Gasteiger partial charge >= 0.3 is 0 Å². The van der Waals surface area contributed by atoms with Crippen LogP contribution in [0.2, 0.25) is 0 Å². The first kappa shape index (κ1) is 18.3. The molecular weight excluding hydrogens is 356 g/mol. The Hall–Kier alpha value is -3.03. The second-order valence-corrected chi connectivity index (χ2v) is 7.33. The summed E-state index contributed by atoms with van der Waals surface area (Å²) < 4.78 is 7.05. The Kier molecular flexibility index (Phi) is 4.70. The van der Waals surface area contributed by atoms with Crippen molar-refractivity contribution in [1.29, 1.82) is 0 Å². The molecule has 1 aliphatic heterocycles. The van der Waals surface area contributed by atoms with E-state index in [9.17, 15) is 4.79 Å². The summed E-state index contributed by atoms with van der Waals surface area (Å²) in [5, 5.41) is 4.02. The molecule has 0 aliphatic carbocycles. The number of piperidine rings is 1. The van der Waals surface area contributed by atoms with Crippen molar-refractivity contribution in [1.82, 2.24) is 29.6 Å². The summed E-state index contributed by atoms with van der Waals surface area (Å²) in [7, 11) is 1.84. The van der Waals surface area contributed by atoms with Crippen LogP contribution in [0, 0.1) is 20.8 Å². The van der Waals surface area contributed by atoms with Gasteiger partial charge in [0.15, 0.2) is 11.6 Å². The Balaban J connectivity index is 1.74. The molecule has 0 radical (unpaired) electrons. The van der Waals surface area contributed by atoms with Gasteiger partial charge in [0.05, 0.1) is 23.0 Å². The van der Waals surface area contributed by atoms with Crippen molar-refractivity contribution in [3.05, 3.63) is 47.1 Å². The summed E-state index contributed by atoms with van der Waals surface area (Å²) in [5.74, 6) is 1.68. The highest BCUT2D eigenvalue weighted by molar-refractivity contribution is 5.91. The minimum atomic E-state index is -0.0983. The van der Waals surface area contributed by atoms with Crippen molar-refractivity contribution in [2.45, 2.75) is 46.1 Å². The number of nitrogens with zero attached hydrogens (tertiary/aromatic N) is 6. The van der Waals surface area contributed by atoms with Gasteiger partial charge in [-0.25, -0.2) is 15.0 Å². The van der Waals surface area contributed by atoms with E-state index in [1.807, 2.05) is 38.8 Å². The van der Waals surface area contributed by atoms with Crippen LogP contribution in [0.5, 0.6) is 0 Å². The number of hydrogen-bond acceptors (Lipinski definition) is 6. The van der Waals surface area contributed by atoms with Crippen molar-refractivity contribution in [2.24, 2.45) is 7.05 Å². The number of carbonyl (C=O) groups excluding carboxylic acids is 1. The molecular formula is C20H24N6O2. The van der Waals surface area contributed by atoms with Crippen LogP contribution in [-0.4, -0.2) is 42.0 Å². The highest BCUT2D eigenvalue weighted by Crippen LogP contribution is 2.33. The molecule has 0 bridgehead atoms. The second-order valence-electron chi connectivity index (χ2n) is 7.33. The maximum atomic E-state index is 13.1. The summed E-state index contributed by atoms with van der Waals surface area (Å²) in [4.78, 5) is 28.7. The highest BCUT2D eigenvalue weighted by atomic mass is 16.5. The molecule has 3 aromatic heterocycles. The molecule has 1 fully saturated rings. The topological polar surface area (TPSA) is 89.9 Å². The van der Waals surface area contributed by atoms with Gasteiger partial charge < -0.3 is 14.0 Å². The Morgan fingerprint density at radius 2 is 2.04 bits per heavy atom. The van der Waals surface area contributed by atoms with Crippen LogP contribution >= 0.6 is 0 Å². The summed E-state index contributed by atoms with van der Waals surface area (Å²) in [6, 6.07) is 1.87. The van der Waals surface area contributed by atoms with Crippen molar-refractivity contribution in [3.8, 4) is 11.4 Å². The van der Waals surface area contributed by atoms with Crippen LogP contribution in [0.3, 0.4) is 0 Å². The van der Waals surface area contributed by atoms with Crippen molar-refractivity contribution in [3.63, 3.8) is 0 Å². The number of imidazole rings is 1. The number of aromatic nitrogens is 5. The average molecular weight is 380 g/mol. The molecule has 1 amide bonds. The van der Waals surface area contributed by atoms with E-state index in [2.05, 4.69) is 15.1 Å². The van der Waals surface area contributed by atoms with Crippen LogP contribution < -0.4 is 0 Å². The molecule has 8 nitrogen and oxygen atoms in total. The van der Waals surface area contributed by atoms with Crippen molar-refractivity contribution >= 4 is 5.91 Å². The van der Waals surface area contributed by atoms with E-state index in [0.29, 0.717) is 24.0 Å². The molecule has 0 saturated carbocycles. The number of likely N-dealkylation sites (tertiary alicyclic amines) is 1. The third-order valence-corrected chi connectivity index (χ3v) is 5.25. The molecule has 1 atom stereocenters. The largest absolute Gasteiger partial charge is 0.361 e. The van der Waals surface area contributed by atoms with E-state index in [-0.39, 0.29) is 11.9 Å². The summed E-state index contributed by atoms with van der Waals surface area (Å²) in [6.07, 6.45) is 6.34. The number of hydrogen-bond donors (Lipinski definition) is 0. The third kappa shape index (κ3) is 3.19. The summed E-state index contributed by atoms with van der Waals surface area (Å²) in [6.45, 7) is 6.38. The predicted molar refractivity (Wildman–Crippen MR) is 103 cm³/mol. The van der Waals surface area contributed by atoms with Gasteiger partial charge in [0.2, 0.25) is 0 Å². The molecule has 146 valence electrons. The van der Waals surface area contributed by atoms with Crippen molar-refractivity contribution in [2.75, 3.05) is 6.54 Å². The van der Waals surface area contributed by atoms with Crippen molar-refractivity contribution < 1.29 is 9.32 Å². The first-order valence-corrected chi connectivity index (χ1v) is 9.53. The smallest absolute Gasteiger partial charge is 0.290 e. The average Bonchev–Trinajstić information content (AvgIpc) is 3.25. The predicted octanol–water partition coefficient (Wildman–Crippen LogP) is 3.16. The zero-order valence-corrected chi connectivity index (χ0v) is 16.6. The third-order valence-electron chi connectivity index (χ3n) is 5.25. The van der Waals surface area contributed by atoms with E-state index in [1.54, 1.807) is 17.0 Å². The van der Waals surface area contributed by atoms with Gasteiger partial charge in [-0.3, -0.25) is 4.79 Å². The van der Waals surface area contributed by atoms with Gasteiger partial charge in [-0.05, 0) is 46.1 Å². The number of rotatable bonds is 3. The zero-order chi connectivity index (χ0) is 19.8. The first-order valence-electron chi connectivity index (χ1n) is 9.53. The number of amides is 1. The molecule has 1 saturated heterocycles. The van der Waals surface area contributed by atoms with Gasteiger partial charge in [-0.1, -0.05) is 5.16 Å². The molecule has 4 heterocycles. The molecule has 8 heteroatoms. The van der Waals surface area contributed by atoms with Gasteiger partial charge in [0.25, 0.3) is 5.91 Å². The summed E-state index contributed by atoms with van der Waals surface area (Å²) in [5.41, 5.74) is 3.29. The quantitative estimate of drug-likeness (QED) is 0.693. The highest BCUT2D eigenvalue weighted by Gasteiger charge is 2.32. The maximum Gasteiger partial charge on any atom is 0.290 e. The lowest BCUT2D eigenvalue weighted by molar-refractivity contribution is 0.0589. The summed E-state index contributed by atoms with van der Waals surface area (Å²) >= 11 is 0. The molecule has 28 heavy (non-hydrogen) atoms. The van der Waals surface area contributed by atoms with Gasteiger partial charge in [-0.2, -0.15) is 0 Å². The van der Waals surface area contributed by atoms with Gasteiger partial charge in [0, 0.05) is 31.7 Å². The number of carbonyl (C=O) groups is 1. The lowest BCUT2D eigenvalue weighted by atomic mass is 9.98. The van der Waals surface area contributed by atoms with E-state index < -0.39 is 0 Å². The molecule has 3 aromatic rings. The minimum absolute atomic E-state index is 0.0626. The number of aryl methyl sites for hydroxylation is 4. The van der Waals surface area contributed by atoms with Crippen LogP contribution in [0.4, 0.5) is 0 Å². The fourth-order valence-corrected chi connectivity index (χ4v) is 3.86. The SMILES string of the molecule is Cc1cc(C2CCCCN2C(=O)c2nccn2C)nc(-c2c(C)noc2C)n1. The van der Waals surface area contributed by atoms with Crippen LogP contribution in [-0.2, 0) is 7.05 Å². The van der Waals surface area contributed by atoms with E-state index in [4.69, 9.17) is 9.51 Å². The first-order chi connectivity index (χ1) is 13.5. The minimum Gasteiger partial charge on any atom is -0.361 e. The standard InChI is InChI=1S/C20H24N6O2/c1-12-11-15(23-18(22-12)17-13(2)24-28-14(17)3)16-7-5-6-9-26(16)20(27)19-21-8-10-25(19)4/h8,10-11,16H,5-7,9H2,1-4H3. The van der Waals surface area contributed by atoms with E-state index in [1.165, 1.54) is 0 Å². The molecule has 1 aliphatic rings. The Morgan fingerprint density at radius 3 is 2.71 bits per heavy atom. The fraction of sp³-hybridized carbons (Fsp3) is 0.450. The Labute approximate surface area is 163 Å². The normalized spacial score (nSPS) is 17.1. The molecule has 1 unspecified atom stereocenters. The lowest BCUT2D eigenvalue weighted by Crippen LogP contribution is -2.40. The lowest BCUT2D eigenvalue weighted by Gasteiger charge is -2.35. The van der Waals surface area contributed by atoms with Crippen LogP contribution in [0.25, 0.3) is 11.4 Å². The molecule has 0 aromatic carbocycles. The molecule has 0 spiro atoms. The Morgan fingerprint density at radius 1 is 1.21 bits per heavy atom. The monoisotopic (exact) mass is 380 g/mol. The molecule has 0 N–H and O–H groups in total.